The van der Waals surface area contributed by atoms with Gasteiger partial charge in [-0.3, -0.25) is 9.48 Å². The highest BCUT2D eigenvalue weighted by atomic mass is 35.5. The molecule has 0 atom stereocenters. The molecule has 3 nitrogen and oxygen atoms in total. The van der Waals surface area contributed by atoms with Gasteiger partial charge >= 0.3 is 0 Å². The zero-order valence-corrected chi connectivity index (χ0v) is 9.61. The molecule has 4 heteroatoms. The molecule has 0 spiro atoms. The third-order valence-corrected chi connectivity index (χ3v) is 2.53. The lowest BCUT2D eigenvalue weighted by atomic mass is 10.1. The average molecular weight is 235 g/mol. The first-order chi connectivity index (χ1) is 7.66. The predicted octanol–water partition coefficient (Wildman–Crippen LogP) is 2.79. The highest BCUT2D eigenvalue weighted by molar-refractivity contribution is 6.33. The quantitative estimate of drug-likeness (QED) is 0.819. The van der Waals surface area contributed by atoms with E-state index in [0.717, 1.165) is 11.1 Å². The molecule has 0 unspecified atom stereocenters. The Balaban J connectivity index is 2.32. The molecule has 0 bridgehead atoms. The maximum absolute atomic E-state index is 10.9. The van der Waals surface area contributed by atoms with Gasteiger partial charge in [0.15, 0.2) is 5.78 Å². The SMILES string of the molecule is CC(=O)Cn1cc(-c2ccccc2Cl)cn1. The molecule has 2 aromatic rings. The van der Waals surface area contributed by atoms with Crippen molar-refractivity contribution in [2.45, 2.75) is 13.5 Å². The number of hydrogen-bond donors (Lipinski definition) is 0. The fourth-order valence-corrected chi connectivity index (χ4v) is 1.76. The fourth-order valence-electron chi connectivity index (χ4n) is 1.51. The molecule has 0 saturated carbocycles. The summed E-state index contributed by atoms with van der Waals surface area (Å²) < 4.78 is 1.61. The number of nitrogens with zero attached hydrogens (tertiary/aromatic N) is 2. The van der Waals surface area contributed by atoms with Gasteiger partial charge < -0.3 is 0 Å². The van der Waals surface area contributed by atoms with Crippen molar-refractivity contribution >= 4 is 17.4 Å². The van der Waals surface area contributed by atoms with Gasteiger partial charge in [-0.1, -0.05) is 29.8 Å². The molecule has 1 heterocycles. The molecular formula is C12H11ClN2O. The maximum Gasteiger partial charge on any atom is 0.151 e. The second-order valence-corrected chi connectivity index (χ2v) is 4.02. The molecule has 0 radical (unpaired) electrons. The molecule has 0 aliphatic rings. The molecule has 0 aliphatic heterocycles. The second-order valence-electron chi connectivity index (χ2n) is 3.61. The summed E-state index contributed by atoms with van der Waals surface area (Å²) in [5, 5.41) is 4.80. The number of rotatable bonds is 3. The summed E-state index contributed by atoms with van der Waals surface area (Å²) in [7, 11) is 0. The van der Waals surface area contributed by atoms with E-state index in [0.29, 0.717) is 11.6 Å². The van der Waals surface area contributed by atoms with E-state index in [2.05, 4.69) is 5.10 Å². The summed E-state index contributed by atoms with van der Waals surface area (Å²) in [6, 6.07) is 7.56. The lowest BCUT2D eigenvalue weighted by Gasteiger charge is -1.99. The standard InChI is InChI=1S/C12H11ClN2O/c1-9(16)7-15-8-10(6-14-15)11-4-2-3-5-12(11)13/h2-6,8H,7H2,1H3. The van der Waals surface area contributed by atoms with Gasteiger partial charge in [0.1, 0.15) is 0 Å². The van der Waals surface area contributed by atoms with Crippen LogP contribution in [0.2, 0.25) is 5.02 Å². The van der Waals surface area contributed by atoms with Gasteiger partial charge in [0.2, 0.25) is 0 Å². The summed E-state index contributed by atoms with van der Waals surface area (Å²) in [6.45, 7) is 1.83. The minimum Gasteiger partial charge on any atom is -0.298 e. The Hall–Kier alpha value is -1.61. The molecular weight excluding hydrogens is 224 g/mol. The number of aromatic nitrogens is 2. The van der Waals surface area contributed by atoms with Crippen molar-refractivity contribution in [2.24, 2.45) is 0 Å². The number of hydrogen-bond acceptors (Lipinski definition) is 2. The Morgan fingerprint density at radius 2 is 2.19 bits per heavy atom. The van der Waals surface area contributed by atoms with Crippen LogP contribution in [0.25, 0.3) is 11.1 Å². The van der Waals surface area contributed by atoms with Crippen LogP contribution in [0.1, 0.15) is 6.92 Å². The van der Waals surface area contributed by atoms with Crippen molar-refractivity contribution in [1.82, 2.24) is 9.78 Å². The van der Waals surface area contributed by atoms with Gasteiger partial charge in [-0.05, 0) is 13.0 Å². The van der Waals surface area contributed by atoms with Gasteiger partial charge in [-0.15, -0.1) is 0 Å². The topological polar surface area (TPSA) is 34.9 Å². The van der Waals surface area contributed by atoms with E-state index < -0.39 is 0 Å². The predicted molar refractivity (Wildman–Crippen MR) is 63.4 cm³/mol. The Kier molecular flexibility index (Phi) is 3.06. The summed E-state index contributed by atoms with van der Waals surface area (Å²) in [5.74, 6) is 0.0776. The van der Waals surface area contributed by atoms with Crippen LogP contribution in [-0.2, 0) is 11.3 Å². The van der Waals surface area contributed by atoms with Crippen molar-refractivity contribution in [3.8, 4) is 11.1 Å². The minimum absolute atomic E-state index is 0.0776. The largest absolute Gasteiger partial charge is 0.298 e. The number of carbonyl (C=O) groups is 1. The van der Waals surface area contributed by atoms with E-state index in [4.69, 9.17) is 11.6 Å². The van der Waals surface area contributed by atoms with E-state index in [1.807, 2.05) is 30.5 Å². The van der Waals surface area contributed by atoms with Crippen LogP contribution in [0.5, 0.6) is 0 Å². The zero-order chi connectivity index (χ0) is 11.5. The number of Topliss-reactive ketones (excluding diaryl/α,β-unsaturated/α-hetero) is 1. The van der Waals surface area contributed by atoms with Crippen LogP contribution in [0.15, 0.2) is 36.7 Å². The van der Waals surface area contributed by atoms with Crippen LogP contribution in [-0.4, -0.2) is 15.6 Å². The fraction of sp³-hybridized carbons (Fsp3) is 0.167. The van der Waals surface area contributed by atoms with Crippen molar-refractivity contribution in [1.29, 1.82) is 0 Å². The lowest BCUT2D eigenvalue weighted by molar-refractivity contribution is -0.117. The van der Waals surface area contributed by atoms with E-state index >= 15 is 0 Å². The number of ketones is 1. The van der Waals surface area contributed by atoms with Crippen LogP contribution >= 0.6 is 11.6 Å². The smallest absolute Gasteiger partial charge is 0.151 e. The van der Waals surface area contributed by atoms with Gasteiger partial charge in [0, 0.05) is 22.3 Å². The highest BCUT2D eigenvalue weighted by Gasteiger charge is 2.05. The Labute approximate surface area is 98.7 Å². The van der Waals surface area contributed by atoms with E-state index in [-0.39, 0.29) is 5.78 Å². The Morgan fingerprint density at radius 3 is 2.88 bits per heavy atom. The highest BCUT2D eigenvalue weighted by Crippen LogP contribution is 2.26. The monoisotopic (exact) mass is 234 g/mol. The number of benzene rings is 1. The van der Waals surface area contributed by atoms with E-state index in [1.165, 1.54) is 6.92 Å². The maximum atomic E-state index is 10.9. The first kappa shape index (κ1) is 10.9. The molecule has 0 saturated heterocycles. The summed E-state index contributed by atoms with van der Waals surface area (Å²) in [4.78, 5) is 10.9. The van der Waals surface area contributed by atoms with Crippen LogP contribution in [0.3, 0.4) is 0 Å². The first-order valence-corrected chi connectivity index (χ1v) is 5.31. The van der Waals surface area contributed by atoms with Gasteiger partial charge in [0.05, 0.1) is 12.7 Å². The molecule has 0 amide bonds. The lowest BCUT2D eigenvalue weighted by Crippen LogP contribution is -2.05. The van der Waals surface area contributed by atoms with Crippen molar-refractivity contribution in [3.63, 3.8) is 0 Å². The molecule has 2 rings (SSSR count). The average Bonchev–Trinajstić information content (AvgIpc) is 2.66. The van der Waals surface area contributed by atoms with Gasteiger partial charge in [0.25, 0.3) is 0 Å². The summed E-state index contributed by atoms with van der Waals surface area (Å²) >= 11 is 6.07. The first-order valence-electron chi connectivity index (χ1n) is 4.93. The minimum atomic E-state index is 0.0776. The van der Waals surface area contributed by atoms with Crippen molar-refractivity contribution < 1.29 is 4.79 Å². The van der Waals surface area contributed by atoms with Crippen LogP contribution in [0, 0.1) is 0 Å². The summed E-state index contributed by atoms with van der Waals surface area (Å²) in [6.07, 6.45) is 3.53. The van der Waals surface area contributed by atoms with Crippen molar-refractivity contribution in [3.05, 3.63) is 41.7 Å². The third-order valence-electron chi connectivity index (χ3n) is 2.20. The number of carbonyl (C=O) groups excluding carboxylic acids is 1. The Bertz CT molecular complexity index is 519. The molecule has 1 aromatic carbocycles. The van der Waals surface area contributed by atoms with E-state index in [9.17, 15) is 4.79 Å². The molecule has 1 aromatic heterocycles. The number of halogens is 1. The molecule has 16 heavy (non-hydrogen) atoms. The molecule has 0 N–H and O–H groups in total. The molecule has 0 aliphatic carbocycles. The zero-order valence-electron chi connectivity index (χ0n) is 8.85. The normalized spacial score (nSPS) is 10.4. The summed E-state index contributed by atoms with van der Waals surface area (Å²) in [5.41, 5.74) is 1.85. The second kappa shape index (κ2) is 4.49. The Morgan fingerprint density at radius 1 is 1.44 bits per heavy atom. The molecule has 82 valence electrons. The van der Waals surface area contributed by atoms with Crippen LogP contribution in [0.4, 0.5) is 0 Å². The van der Waals surface area contributed by atoms with Crippen LogP contribution < -0.4 is 0 Å². The van der Waals surface area contributed by atoms with Gasteiger partial charge in [-0.25, -0.2) is 0 Å². The van der Waals surface area contributed by atoms with Crippen molar-refractivity contribution in [2.75, 3.05) is 0 Å². The molecule has 0 fully saturated rings. The van der Waals surface area contributed by atoms with E-state index in [1.54, 1.807) is 10.9 Å². The van der Waals surface area contributed by atoms with Gasteiger partial charge in [-0.2, -0.15) is 5.10 Å². The third kappa shape index (κ3) is 2.31.